The first-order chi connectivity index (χ1) is 12.3. The van der Waals surface area contributed by atoms with Crippen molar-refractivity contribution in [2.24, 2.45) is 0 Å². The molecule has 1 aromatic rings. The van der Waals surface area contributed by atoms with Gasteiger partial charge in [0.15, 0.2) is 16.4 Å². The SMILES string of the molecule is CC[C@@H](C)N(C(=O)COC(=O)c1ccc(SC)cc1)[C@@H]1CCS(=O)(=O)C1. The Morgan fingerprint density at radius 3 is 2.46 bits per heavy atom. The first-order valence-electron chi connectivity index (χ1n) is 8.60. The van der Waals surface area contributed by atoms with Crippen LogP contribution in [0.2, 0.25) is 0 Å². The third-order valence-corrected chi connectivity index (χ3v) is 7.10. The van der Waals surface area contributed by atoms with E-state index in [0.29, 0.717) is 18.4 Å². The number of ether oxygens (including phenoxy) is 1. The number of benzene rings is 1. The van der Waals surface area contributed by atoms with Crippen molar-refractivity contribution in [3.63, 3.8) is 0 Å². The number of rotatable bonds is 7. The molecule has 0 unspecified atom stereocenters. The van der Waals surface area contributed by atoms with Crippen LogP contribution in [0, 0.1) is 0 Å². The van der Waals surface area contributed by atoms with Crippen LogP contribution in [0.4, 0.5) is 0 Å². The summed E-state index contributed by atoms with van der Waals surface area (Å²) >= 11 is 1.57. The van der Waals surface area contributed by atoms with Crippen molar-refractivity contribution in [1.82, 2.24) is 4.90 Å². The van der Waals surface area contributed by atoms with Gasteiger partial charge >= 0.3 is 5.97 Å². The first-order valence-corrected chi connectivity index (χ1v) is 11.6. The number of amides is 1. The van der Waals surface area contributed by atoms with Gasteiger partial charge in [-0.1, -0.05) is 6.92 Å². The van der Waals surface area contributed by atoms with Crippen LogP contribution in [0.25, 0.3) is 0 Å². The number of hydrogen-bond acceptors (Lipinski definition) is 6. The normalized spacial score (nSPS) is 19.7. The summed E-state index contributed by atoms with van der Waals surface area (Å²) in [5.74, 6) is -0.836. The van der Waals surface area contributed by atoms with Crippen LogP contribution < -0.4 is 0 Å². The minimum absolute atomic E-state index is 0.0207. The third kappa shape index (κ3) is 5.23. The molecule has 8 heteroatoms. The molecule has 1 aliphatic rings. The third-order valence-electron chi connectivity index (χ3n) is 4.61. The fraction of sp³-hybridized carbons (Fsp3) is 0.556. The van der Waals surface area contributed by atoms with E-state index in [4.69, 9.17) is 4.74 Å². The van der Waals surface area contributed by atoms with E-state index in [-0.39, 0.29) is 36.1 Å². The summed E-state index contributed by atoms with van der Waals surface area (Å²) in [5.41, 5.74) is 0.383. The zero-order chi connectivity index (χ0) is 19.3. The van der Waals surface area contributed by atoms with Crippen LogP contribution in [0.5, 0.6) is 0 Å². The standard InChI is InChI=1S/C18H25NO5S2/c1-4-13(2)19(15-9-10-26(22,23)12-15)17(20)11-24-18(21)14-5-7-16(25-3)8-6-14/h5-8,13,15H,4,9-12H2,1-3H3/t13-,15-/m1/s1. The molecule has 0 bridgehead atoms. The lowest BCUT2D eigenvalue weighted by molar-refractivity contribution is -0.138. The topological polar surface area (TPSA) is 80.8 Å². The minimum Gasteiger partial charge on any atom is -0.452 e. The smallest absolute Gasteiger partial charge is 0.338 e. The molecule has 0 N–H and O–H groups in total. The maximum atomic E-state index is 12.6. The van der Waals surface area contributed by atoms with E-state index < -0.39 is 15.8 Å². The van der Waals surface area contributed by atoms with Crippen LogP contribution in [0.1, 0.15) is 37.0 Å². The Hall–Kier alpha value is -1.54. The van der Waals surface area contributed by atoms with Crippen molar-refractivity contribution in [1.29, 1.82) is 0 Å². The molecule has 1 heterocycles. The lowest BCUT2D eigenvalue weighted by atomic mass is 10.1. The zero-order valence-electron chi connectivity index (χ0n) is 15.3. The van der Waals surface area contributed by atoms with Gasteiger partial charge < -0.3 is 9.64 Å². The van der Waals surface area contributed by atoms with E-state index in [0.717, 1.165) is 4.90 Å². The van der Waals surface area contributed by atoms with Crippen molar-refractivity contribution < 1.29 is 22.7 Å². The maximum absolute atomic E-state index is 12.6. The van der Waals surface area contributed by atoms with E-state index in [9.17, 15) is 18.0 Å². The van der Waals surface area contributed by atoms with Crippen LogP contribution in [-0.2, 0) is 19.4 Å². The summed E-state index contributed by atoms with van der Waals surface area (Å²) < 4.78 is 28.7. The fourth-order valence-electron chi connectivity index (χ4n) is 3.01. The molecule has 2 rings (SSSR count). The van der Waals surface area contributed by atoms with E-state index >= 15 is 0 Å². The van der Waals surface area contributed by atoms with Gasteiger partial charge in [-0.05, 0) is 50.3 Å². The molecule has 1 aliphatic heterocycles. The molecule has 0 aromatic heterocycles. The number of esters is 1. The Bertz CT molecular complexity index is 745. The predicted molar refractivity (Wildman–Crippen MR) is 102 cm³/mol. The van der Waals surface area contributed by atoms with Crippen molar-refractivity contribution in [3.05, 3.63) is 29.8 Å². The Morgan fingerprint density at radius 1 is 1.31 bits per heavy atom. The van der Waals surface area contributed by atoms with Crippen molar-refractivity contribution in [2.45, 2.75) is 43.7 Å². The quantitative estimate of drug-likeness (QED) is 0.517. The van der Waals surface area contributed by atoms with E-state index in [2.05, 4.69) is 0 Å². The molecule has 1 saturated heterocycles. The van der Waals surface area contributed by atoms with Crippen LogP contribution in [0.3, 0.4) is 0 Å². The second kappa shape index (κ2) is 8.90. The lowest BCUT2D eigenvalue weighted by Gasteiger charge is -2.33. The molecule has 1 fully saturated rings. The Morgan fingerprint density at radius 2 is 1.96 bits per heavy atom. The van der Waals surface area contributed by atoms with E-state index in [1.807, 2.05) is 32.2 Å². The van der Waals surface area contributed by atoms with Crippen LogP contribution >= 0.6 is 11.8 Å². The average Bonchev–Trinajstić information content (AvgIpc) is 2.99. The van der Waals surface area contributed by atoms with E-state index in [1.165, 1.54) is 0 Å². The van der Waals surface area contributed by atoms with Gasteiger partial charge in [0.05, 0.1) is 17.1 Å². The maximum Gasteiger partial charge on any atom is 0.338 e. The summed E-state index contributed by atoms with van der Waals surface area (Å²) in [7, 11) is -3.10. The summed E-state index contributed by atoms with van der Waals surface area (Å²) in [6.45, 7) is 3.43. The van der Waals surface area contributed by atoms with Crippen molar-refractivity contribution in [3.8, 4) is 0 Å². The molecule has 1 aromatic carbocycles. The molecule has 2 atom stereocenters. The molecule has 1 amide bonds. The number of carbonyl (C=O) groups excluding carboxylic acids is 2. The fourth-order valence-corrected chi connectivity index (χ4v) is 5.13. The molecule has 0 saturated carbocycles. The molecule has 0 radical (unpaired) electrons. The van der Waals surface area contributed by atoms with Crippen LogP contribution in [0.15, 0.2) is 29.2 Å². The molecule has 144 valence electrons. The van der Waals surface area contributed by atoms with Crippen LogP contribution in [-0.4, -0.2) is 61.6 Å². The first kappa shape index (κ1) is 20.8. The molecular formula is C18H25NO5S2. The van der Waals surface area contributed by atoms with E-state index in [1.54, 1.807) is 28.8 Å². The van der Waals surface area contributed by atoms with Gasteiger partial charge in [0, 0.05) is 17.0 Å². The van der Waals surface area contributed by atoms with Gasteiger partial charge in [-0.3, -0.25) is 4.79 Å². The van der Waals surface area contributed by atoms with Gasteiger partial charge in [0.2, 0.25) is 0 Å². The summed E-state index contributed by atoms with van der Waals surface area (Å²) in [6.07, 6.45) is 3.08. The lowest BCUT2D eigenvalue weighted by Crippen LogP contribution is -2.48. The van der Waals surface area contributed by atoms with Crippen molar-refractivity contribution in [2.75, 3.05) is 24.4 Å². The highest BCUT2D eigenvalue weighted by Gasteiger charge is 2.36. The Labute approximate surface area is 159 Å². The molecular weight excluding hydrogens is 374 g/mol. The van der Waals surface area contributed by atoms with Gasteiger partial charge in [0.25, 0.3) is 5.91 Å². The monoisotopic (exact) mass is 399 g/mol. The molecule has 0 aliphatic carbocycles. The summed E-state index contributed by atoms with van der Waals surface area (Å²) in [6, 6.07) is 6.50. The highest BCUT2D eigenvalue weighted by atomic mass is 32.2. The number of nitrogens with zero attached hydrogens (tertiary/aromatic N) is 1. The Balaban J connectivity index is 2.01. The van der Waals surface area contributed by atoms with Gasteiger partial charge in [0.1, 0.15) is 0 Å². The highest BCUT2D eigenvalue weighted by Crippen LogP contribution is 2.22. The second-order valence-corrected chi connectivity index (χ2v) is 9.53. The number of carbonyl (C=O) groups is 2. The van der Waals surface area contributed by atoms with Gasteiger partial charge in [-0.15, -0.1) is 11.8 Å². The minimum atomic E-state index is -3.10. The summed E-state index contributed by atoms with van der Waals surface area (Å²) in [4.78, 5) is 27.4. The Kier molecular flexibility index (Phi) is 7.11. The number of sulfone groups is 1. The average molecular weight is 400 g/mol. The zero-order valence-corrected chi connectivity index (χ0v) is 16.9. The molecule has 26 heavy (non-hydrogen) atoms. The molecule has 6 nitrogen and oxygen atoms in total. The summed E-state index contributed by atoms with van der Waals surface area (Å²) in [5, 5.41) is 0. The van der Waals surface area contributed by atoms with Gasteiger partial charge in [-0.2, -0.15) is 0 Å². The van der Waals surface area contributed by atoms with Crippen molar-refractivity contribution >= 4 is 33.5 Å². The number of hydrogen-bond donors (Lipinski definition) is 0. The molecule has 0 spiro atoms. The second-order valence-electron chi connectivity index (χ2n) is 6.42. The largest absolute Gasteiger partial charge is 0.452 e. The number of thioether (sulfide) groups is 1. The van der Waals surface area contributed by atoms with Gasteiger partial charge in [-0.25, -0.2) is 13.2 Å². The highest BCUT2D eigenvalue weighted by molar-refractivity contribution is 7.98. The predicted octanol–water partition coefficient (Wildman–Crippen LogP) is 2.38.